The van der Waals surface area contributed by atoms with Crippen LogP contribution in [-0.4, -0.2) is 50.0 Å². The summed E-state index contributed by atoms with van der Waals surface area (Å²) in [7, 11) is 1.64. The smallest absolute Gasteiger partial charge is 0.249 e. The van der Waals surface area contributed by atoms with Gasteiger partial charge in [0.2, 0.25) is 17.8 Å². The maximum atomic E-state index is 12.0. The van der Waals surface area contributed by atoms with E-state index < -0.39 is 0 Å². The van der Waals surface area contributed by atoms with Crippen molar-refractivity contribution in [2.24, 2.45) is 18.9 Å². The minimum Gasteiger partial charge on any atom is -0.342 e. The van der Waals surface area contributed by atoms with Crippen LogP contribution in [-0.2, 0) is 16.6 Å². The Hall–Kier alpha value is -1.99. The molecule has 2 rings (SSSR count). The van der Waals surface area contributed by atoms with Crippen LogP contribution in [0.15, 0.2) is 0 Å². The van der Waals surface area contributed by atoms with Gasteiger partial charge < -0.3 is 4.90 Å². The molecule has 0 spiro atoms. The molecule has 1 saturated heterocycles. The van der Waals surface area contributed by atoms with E-state index in [0.29, 0.717) is 25.0 Å². The summed E-state index contributed by atoms with van der Waals surface area (Å²) < 4.78 is 1.38. The third kappa shape index (κ3) is 3.07. The van der Waals surface area contributed by atoms with Crippen LogP contribution in [0.2, 0.25) is 0 Å². The summed E-state index contributed by atoms with van der Waals surface area (Å²) in [4.78, 5) is 25.6. The highest BCUT2D eigenvalue weighted by atomic mass is 16.2. The van der Waals surface area contributed by atoms with Crippen LogP contribution < -0.4 is 5.32 Å². The molecule has 1 unspecified atom stereocenters. The van der Waals surface area contributed by atoms with Gasteiger partial charge in [-0.2, -0.15) is 0 Å². The van der Waals surface area contributed by atoms with Crippen LogP contribution in [0.1, 0.15) is 20.3 Å². The zero-order valence-electron chi connectivity index (χ0n) is 11.3. The lowest BCUT2D eigenvalue weighted by atomic mass is 10.1. The van der Waals surface area contributed by atoms with E-state index in [1.54, 1.807) is 11.9 Å². The first-order valence-electron chi connectivity index (χ1n) is 6.28. The molecular formula is C11H18N6O2. The minimum atomic E-state index is -0.331. The number of nitrogens with zero attached hydrogens (tertiary/aromatic N) is 5. The maximum absolute atomic E-state index is 12.0. The Bertz CT molecular complexity index is 483. The first kappa shape index (κ1) is 13.4. The summed E-state index contributed by atoms with van der Waals surface area (Å²) in [6.07, 6.45) is 0.254. The second-order valence-corrected chi connectivity index (χ2v) is 5.21. The lowest BCUT2D eigenvalue weighted by Gasteiger charge is -2.18. The van der Waals surface area contributed by atoms with Gasteiger partial charge in [-0.3, -0.25) is 14.9 Å². The summed E-state index contributed by atoms with van der Waals surface area (Å²) in [5.41, 5.74) is 0. The van der Waals surface area contributed by atoms with Gasteiger partial charge in [0.15, 0.2) is 0 Å². The van der Waals surface area contributed by atoms with E-state index in [1.807, 2.05) is 13.8 Å². The van der Waals surface area contributed by atoms with E-state index in [1.165, 1.54) is 4.68 Å². The van der Waals surface area contributed by atoms with Gasteiger partial charge in [-0.25, -0.2) is 4.68 Å². The molecule has 0 saturated carbocycles. The molecule has 1 aromatic rings. The maximum Gasteiger partial charge on any atom is 0.249 e. The minimum absolute atomic E-state index is 0.0324. The van der Waals surface area contributed by atoms with Crippen molar-refractivity contribution in [3.05, 3.63) is 0 Å². The molecule has 1 aromatic heterocycles. The normalized spacial score (nSPS) is 19.3. The van der Waals surface area contributed by atoms with E-state index >= 15 is 0 Å². The number of aromatic nitrogens is 4. The van der Waals surface area contributed by atoms with Gasteiger partial charge in [-0.1, -0.05) is 18.9 Å². The number of carbonyl (C=O) groups is 2. The standard InChI is InChI=1S/C11H18N6O2/c1-7(2)5-17-6-8(4-9(17)18)10(19)12-11-13-14-15-16(11)3/h7-8H,4-6H2,1-3H3,(H,12,13,15,19). The monoisotopic (exact) mass is 266 g/mol. The van der Waals surface area contributed by atoms with Gasteiger partial charge in [-0.15, -0.1) is 0 Å². The molecule has 1 fully saturated rings. The Labute approximate surface area is 111 Å². The van der Waals surface area contributed by atoms with Gasteiger partial charge in [0, 0.05) is 26.6 Å². The molecule has 0 aromatic carbocycles. The first-order chi connectivity index (χ1) is 8.97. The summed E-state index contributed by atoms with van der Waals surface area (Å²) in [5, 5.41) is 13.4. The average Bonchev–Trinajstić information content (AvgIpc) is 2.87. The predicted molar refractivity (Wildman–Crippen MR) is 67.0 cm³/mol. The highest BCUT2D eigenvalue weighted by molar-refractivity contribution is 5.96. The van der Waals surface area contributed by atoms with E-state index in [9.17, 15) is 9.59 Å². The number of rotatable bonds is 4. The summed E-state index contributed by atoms with van der Waals surface area (Å²) in [6, 6.07) is 0. The molecule has 1 N–H and O–H groups in total. The fourth-order valence-corrected chi connectivity index (χ4v) is 2.11. The topological polar surface area (TPSA) is 93.0 Å². The van der Waals surface area contributed by atoms with Crippen LogP contribution in [0.3, 0.4) is 0 Å². The predicted octanol–water partition coefficient (Wildman–Crippen LogP) is -0.347. The van der Waals surface area contributed by atoms with E-state index in [2.05, 4.69) is 20.8 Å². The molecule has 104 valence electrons. The van der Waals surface area contributed by atoms with E-state index in [0.717, 1.165) is 0 Å². The van der Waals surface area contributed by atoms with Crippen LogP contribution in [0.5, 0.6) is 0 Å². The molecule has 8 heteroatoms. The number of amides is 2. The van der Waals surface area contributed by atoms with Crippen LogP contribution in [0.4, 0.5) is 5.95 Å². The van der Waals surface area contributed by atoms with Crippen molar-refractivity contribution < 1.29 is 9.59 Å². The second-order valence-electron chi connectivity index (χ2n) is 5.21. The number of hydrogen-bond donors (Lipinski definition) is 1. The number of nitrogens with one attached hydrogen (secondary N) is 1. The van der Waals surface area contributed by atoms with Crippen molar-refractivity contribution in [1.29, 1.82) is 0 Å². The van der Waals surface area contributed by atoms with Gasteiger partial charge in [0.25, 0.3) is 0 Å². The molecule has 1 atom stereocenters. The van der Waals surface area contributed by atoms with Crippen molar-refractivity contribution in [2.45, 2.75) is 20.3 Å². The summed E-state index contributed by atoms with van der Waals surface area (Å²) >= 11 is 0. The molecule has 1 aliphatic heterocycles. The number of aryl methyl sites for hydroxylation is 1. The molecule has 0 aliphatic carbocycles. The SMILES string of the molecule is CC(C)CN1CC(C(=O)Nc2nnnn2C)CC1=O. The lowest BCUT2D eigenvalue weighted by Crippen LogP contribution is -2.31. The van der Waals surface area contributed by atoms with Crippen molar-refractivity contribution in [2.75, 3.05) is 18.4 Å². The van der Waals surface area contributed by atoms with Crippen molar-refractivity contribution in [3.63, 3.8) is 0 Å². The van der Waals surface area contributed by atoms with Crippen LogP contribution in [0.25, 0.3) is 0 Å². The highest BCUT2D eigenvalue weighted by Crippen LogP contribution is 2.20. The number of hydrogen-bond acceptors (Lipinski definition) is 5. The number of likely N-dealkylation sites (tertiary alicyclic amines) is 1. The zero-order chi connectivity index (χ0) is 14.0. The molecule has 0 bridgehead atoms. The largest absolute Gasteiger partial charge is 0.342 e. The molecule has 8 nitrogen and oxygen atoms in total. The molecule has 1 aliphatic rings. The van der Waals surface area contributed by atoms with Gasteiger partial charge >= 0.3 is 0 Å². The zero-order valence-corrected chi connectivity index (χ0v) is 11.3. The molecule has 2 amide bonds. The van der Waals surface area contributed by atoms with Crippen LogP contribution >= 0.6 is 0 Å². The van der Waals surface area contributed by atoms with Crippen molar-refractivity contribution >= 4 is 17.8 Å². The third-order valence-electron chi connectivity index (χ3n) is 3.03. The summed E-state index contributed by atoms with van der Waals surface area (Å²) in [5.74, 6) is 0.179. The Morgan fingerprint density at radius 1 is 1.53 bits per heavy atom. The highest BCUT2D eigenvalue weighted by Gasteiger charge is 2.34. The van der Waals surface area contributed by atoms with Crippen LogP contribution in [0, 0.1) is 11.8 Å². The Morgan fingerprint density at radius 2 is 2.26 bits per heavy atom. The fraction of sp³-hybridized carbons (Fsp3) is 0.727. The van der Waals surface area contributed by atoms with E-state index in [-0.39, 0.29) is 24.2 Å². The second kappa shape index (κ2) is 5.33. The lowest BCUT2D eigenvalue weighted by molar-refractivity contribution is -0.128. The molecule has 0 radical (unpaired) electrons. The quantitative estimate of drug-likeness (QED) is 0.804. The van der Waals surface area contributed by atoms with Gasteiger partial charge in [-0.05, 0) is 16.3 Å². The number of tetrazole rings is 1. The van der Waals surface area contributed by atoms with Crippen molar-refractivity contribution in [3.8, 4) is 0 Å². The van der Waals surface area contributed by atoms with Crippen molar-refractivity contribution in [1.82, 2.24) is 25.1 Å². The fourth-order valence-electron chi connectivity index (χ4n) is 2.11. The molecule has 19 heavy (non-hydrogen) atoms. The first-order valence-corrected chi connectivity index (χ1v) is 6.28. The van der Waals surface area contributed by atoms with Gasteiger partial charge in [0.1, 0.15) is 0 Å². The Kier molecular flexibility index (Phi) is 3.77. The number of carbonyl (C=O) groups excluding carboxylic acids is 2. The molecule has 2 heterocycles. The van der Waals surface area contributed by atoms with Gasteiger partial charge in [0.05, 0.1) is 5.92 Å². The Balaban J connectivity index is 1.95. The third-order valence-corrected chi connectivity index (χ3v) is 3.03. The van der Waals surface area contributed by atoms with E-state index in [4.69, 9.17) is 0 Å². The summed E-state index contributed by atoms with van der Waals surface area (Å²) in [6.45, 7) is 5.25. The number of anilines is 1. The average molecular weight is 266 g/mol. The molecular weight excluding hydrogens is 248 g/mol. The Morgan fingerprint density at radius 3 is 2.84 bits per heavy atom.